The lowest BCUT2D eigenvalue weighted by Crippen LogP contribution is -2.29. The molecule has 1 aliphatic rings. The van der Waals surface area contributed by atoms with Gasteiger partial charge in [0.15, 0.2) is 5.13 Å². The van der Waals surface area contributed by atoms with E-state index < -0.39 is 0 Å². The number of rotatable bonds is 5. The van der Waals surface area contributed by atoms with Gasteiger partial charge in [-0.05, 0) is 29.9 Å². The third-order valence-corrected chi connectivity index (χ3v) is 6.03. The van der Waals surface area contributed by atoms with E-state index in [1.165, 1.54) is 21.3 Å². The highest BCUT2D eigenvalue weighted by Gasteiger charge is 2.21. The molecule has 0 saturated carbocycles. The zero-order valence-electron chi connectivity index (χ0n) is 13.0. The van der Waals surface area contributed by atoms with E-state index >= 15 is 0 Å². The number of aryl methyl sites for hydroxylation is 1. The van der Waals surface area contributed by atoms with Gasteiger partial charge in [0.2, 0.25) is 0 Å². The molecule has 2 aromatic rings. The molecule has 0 saturated heterocycles. The maximum atomic E-state index is 4.90. The number of thiazole rings is 1. The minimum atomic E-state index is 0.517. The minimum absolute atomic E-state index is 0.517. The molecule has 0 bridgehead atoms. The Kier molecular flexibility index (Phi) is 4.62. The highest BCUT2D eigenvalue weighted by molar-refractivity contribution is 7.15. The van der Waals surface area contributed by atoms with Crippen molar-refractivity contribution < 1.29 is 0 Å². The van der Waals surface area contributed by atoms with Crippen molar-refractivity contribution in [2.45, 2.75) is 52.7 Å². The number of anilines is 1. The van der Waals surface area contributed by atoms with Crippen molar-refractivity contribution >= 4 is 27.8 Å². The smallest absolute Gasteiger partial charge is 0.186 e. The molecule has 0 amide bonds. The molecule has 2 aromatic heterocycles. The summed E-state index contributed by atoms with van der Waals surface area (Å²) >= 11 is 3.76. The molecule has 5 heteroatoms. The van der Waals surface area contributed by atoms with E-state index in [0.717, 1.165) is 32.5 Å². The lowest BCUT2D eigenvalue weighted by atomic mass is 10.1. The number of fused-ring (bicyclic) bond motifs is 1. The molecule has 21 heavy (non-hydrogen) atoms. The number of aromatic nitrogens is 1. The summed E-state index contributed by atoms with van der Waals surface area (Å²) in [5.74, 6) is 0. The third kappa shape index (κ3) is 3.30. The quantitative estimate of drug-likeness (QED) is 0.907. The molecule has 0 unspecified atom stereocenters. The molecule has 1 aliphatic heterocycles. The zero-order valence-corrected chi connectivity index (χ0v) is 14.6. The van der Waals surface area contributed by atoms with Crippen LogP contribution in [0.5, 0.6) is 0 Å². The number of hydrogen-bond acceptors (Lipinski definition) is 5. The van der Waals surface area contributed by atoms with Crippen LogP contribution < -0.4 is 10.2 Å². The topological polar surface area (TPSA) is 28.2 Å². The van der Waals surface area contributed by atoms with E-state index in [1.54, 1.807) is 4.88 Å². The third-order valence-electron chi connectivity index (χ3n) is 3.85. The van der Waals surface area contributed by atoms with Crippen LogP contribution in [0.1, 0.15) is 41.8 Å². The van der Waals surface area contributed by atoms with Crippen LogP contribution in [0.15, 0.2) is 11.4 Å². The predicted octanol–water partition coefficient (Wildman–Crippen LogP) is 3.83. The Hall–Kier alpha value is -0.910. The van der Waals surface area contributed by atoms with Crippen LogP contribution in [0.4, 0.5) is 5.13 Å². The van der Waals surface area contributed by atoms with Crippen LogP contribution in [-0.4, -0.2) is 17.6 Å². The number of nitrogens with one attached hydrogen (secondary N) is 1. The van der Waals surface area contributed by atoms with Gasteiger partial charge in [0.25, 0.3) is 0 Å². The molecule has 3 rings (SSSR count). The Bertz CT molecular complexity index is 600. The van der Waals surface area contributed by atoms with Gasteiger partial charge in [0, 0.05) is 35.4 Å². The molecule has 0 spiro atoms. The summed E-state index contributed by atoms with van der Waals surface area (Å²) in [7, 11) is 0. The zero-order chi connectivity index (χ0) is 14.8. The van der Waals surface area contributed by atoms with Crippen molar-refractivity contribution in [3.05, 3.63) is 32.5 Å². The first-order valence-corrected chi connectivity index (χ1v) is 9.39. The normalized spacial score (nSPS) is 14.8. The van der Waals surface area contributed by atoms with Gasteiger partial charge in [-0.15, -0.1) is 22.7 Å². The van der Waals surface area contributed by atoms with E-state index in [-0.39, 0.29) is 0 Å². The van der Waals surface area contributed by atoms with Crippen molar-refractivity contribution in [2.24, 2.45) is 0 Å². The van der Waals surface area contributed by atoms with Crippen molar-refractivity contribution in [2.75, 3.05) is 11.4 Å². The minimum Gasteiger partial charge on any atom is -0.343 e. The van der Waals surface area contributed by atoms with Crippen LogP contribution >= 0.6 is 22.7 Å². The summed E-state index contributed by atoms with van der Waals surface area (Å²) in [5, 5.41) is 6.93. The monoisotopic (exact) mass is 321 g/mol. The fourth-order valence-electron chi connectivity index (χ4n) is 2.63. The Labute approximate surface area is 135 Å². The summed E-state index contributed by atoms with van der Waals surface area (Å²) in [5.41, 5.74) is 2.75. The lowest BCUT2D eigenvalue weighted by molar-refractivity contribution is 0.590. The molecule has 1 N–H and O–H groups in total. The summed E-state index contributed by atoms with van der Waals surface area (Å²) < 4.78 is 0. The summed E-state index contributed by atoms with van der Waals surface area (Å²) in [4.78, 5) is 10.3. The van der Waals surface area contributed by atoms with Crippen LogP contribution in [0.25, 0.3) is 0 Å². The molecule has 0 radical (unpaired) electrons. The predicted molar refractivity (Wildman–Crippen MR) is 92.5 cm³/mol. The fourth-order valence-corrected chi connectivity index (χ4v) is 4.64. The van der Waals surface area contributed by atoms with Gasteiger partial charge in [0.05, 0.1) is 5.69 Å². The molecule has 0 aromatic carbocycles. The Morgan fingerprint density at radius 1 is 1.43 bits per heavy atom. The second kappa shape index (κ2) is 6.46. The van der Waals surface area contributed by atoms with E-state index in [2.05, 4.69) is 42.4 Å². The van der Waals surface area contributed by atoms with Crippen molar-refractivity contribution in [3.8, 4) is 0 Å². The van der Waals surface area contributed by atoms with Crippen LogP contribution in [0.2, 0.25) is 0 Å². The highest BCUT2D eigenvalue weighted by Crippen LogP contribution is 2.32. The molecular formula is C16H23N3S2. The summed E-state index contributed by atoms with van der Waals surface area (Å²) in [6, 6.07) is 2.78. The maximum absolute atomic E-state index is 4.90. The largest absolute Gasteiger partial charge is 0.343 e. The molecule has 114 valence electrons. The van der Waals surface area contributed by atoms with Crippen LogP contribution in [0.3, 0.4) is 0 Å². The van der Waals surface area contributed by atoms with Gasteiger partial charge < -0.3 is 10.2 Å². The van der Waals surface area contributed by atoms with Crippen molar-refractivity contribution in [3.63, 3.8) is 0 Å². The van der Waals surface area contributed by atoms with Gasteiger partial charge in [-0.25, -0.2) is 4.98 Å². The molecular weight excluding hydrogens is 298 g/mol. The molecule has 0 fully saturated rings. The van der Waals surface area contributed by atoms with Gasteiger partial charge in [-0.3, -0.25) is 0 Å². The Morgan fingerprint density at radius 3 is 3.05 bits per heavy atom. The molecule has 0 aliphatic carbocycles. The van der Waals surface area contributed by atoms with E-state index in [9.17, 15) is 0 Å². The first kappa shape index (κ1) is 15.0. The standard InChI is InChI=1S/C16H23N3S2/c1-4-13-15(9-17-11(2)3)21-16(18-13)19-7-5-14-12(10-19)6-8-20-14/h6,8,11,17H,4-5,7,9-10H2,1-3H3. The second-order valence-electron chi connectivity index (χ2n) is 5.80. The first-order valence-electron chi connectivity index (χ1n) is 7.69. The fraction of sp³-hybridized carbons (Fsp3) is 0.562. The highest BCUT2D eigenvalue weighted by atomic mass is 32.1. The Morgan fingerprint density at radius 2 is 2.29 bits per heavy atom. The summed E-state index contributed by atoms with van der Waals surface area (Å²) in [6.07, 6.45) is 2.18. The van der Waals surface area contributed by atoms with E-state index in [0.29, 0.717) is 6.04 Å². The molecule has 3 nitrogen and oxygen atoms in total. The van der Waals surface area contributed by atoms with Crippen molar-refractivity contribution in [1.29, 1.82) is 0 Å². The van der Waals surface area contributed by atoms with Gasteiger partial charge >= 0.3 is 0 Å². The average molecular weight is 322 g/mol. The number of nitrogens with zero attached hydrogens (tertiary/aromatic N) is 2. The van der Waals surface area contributed by atoms with Crippen LogP contribution in [0, 0.1) is 0 Å². The van der Waals surface area contributed by atoms with Gasteiger partial charge in [-0.1, -0.05) is 20.8 Å². The Balaban J connectivity index is 1.77. The maximum Gasteiger partial charge on any atom is 0.186 e. The van der Waals surface area contributed by atoms with Crippen LogP contribution in [-0.2, 0) is 25.9 Å². The first-order chi connectivity index (χ1) is 10.2. The molecule has 3 heterocycles. The second-order valence-corrected chi connectivity index (χ2v) is 7.86. The lowest BCUT2D eigenvalue weighted by Gasteiger charge is -2.26. The molecule has 0 atom stereocenters. The van der Waals surface area contributed by atoms with Crippen molar-refractivity contribution in [1.82, 2.24) is 10.3 Å². The van der Waals surface area contributed by atoms with Gasteiger partial charge in [0.1, 0.15) is 0 Å². The number of thiophene rings is 1. The summed E-state index contributed by atoms with van der Waals surface area (Å²) in [6.45, 7) is 9.64. The number of hydrogen-bond donors (Lipinski definition) is 1. The van der Waals surface area contributed by atoms with Gasteiger partial charge in [-0.2, -0.15) is 0 Å². The van der Waals surface area contributed by atoms with E-state index in [4.69, 9.17) is 4.98 Å². The average Bonchev–Trinajstić information content (AvgIpc) is 3.10. The SMILES string of the molecule is CCc1nc(N2CCc3sccc3C2)sc1CNC(C)C. The van der Waals surface area contributed by atoms with E-state index in [1.807, 2.05) is 22.7 Å².